The lowest BCUT2D eigenvalue weighted by Crippen LogP contribution is -2.39. The minimum absolute atomic E-state index is 0.140. The summed E-state index contributed by atoms with van der Waals surface area (Å²) in [4.78, 5) is 11.2. The Kier molecular flexibility index (Phi) is 3.52. The van der Waals surface area contributed by atoms with E-state index in [2.05, 4.69) is 5.32 Å². The molecule has 4 nitrogen and oxygen atoms in total. The average molecular weight is 182 g/mol. The Morgan fingerprint density at radius 2 is 2.54 bits per heavy atom. The van der Waals surface area contributed by atoms with Gasteiger partial charge in [0, 0.05) is 0 Å². The number of nitrogens with two attached hydrogens (primary N) is 1. The molecule has 3 N–H and O–H groups in total. The van der Waals surface area contributed by atoms with Crippen molar-refractivity contribution in [2.24, 2.45) is 5.73 Å². The van der Waals surface area contributed by atoms with Crippen LogP contribution in [0.5, 0.6) is 0 Å². The Bertz CT molecular complexity index is 257. The number of amides is 1. The second-order valence-electron chi connectivity index (χ2n) is 2.81. The minimum Gasteiger partial charge on any atom is -0.467 e. The van der Waals surface area contributed by atoms with Crippen LogP contribution in [0, 0.1) is 0 Å². The molecule has 0 aliphatic carbocycles. The highest BCUT2D eigenvalue weighted by Gasteiger charge is 2.10. The second kappa shape index (κ2) is 4.67. The van der Waals surface area contributed by atoms with Crippen molar-refractivity contribution in [2.75, 3.05) is 0 Å². The summed E-state index contributed by atoms with van der Waals surface area (Å²) in [6.45, 7) is 2.27. The SMILES string of the molecule is CCC(N)C(=O)NCc1ccco1. The van der Waals surface area contributed by atoms with Crippen LogP contribution in [0.3, 0.4) is 0 Å². The molecular weight excluding hydrogens is 168 g/mol. The summed E-state index contributed by atoms with van der Waals surface area (Å²) < 4.78 is 5.04. The maximum Gasteiger partial charge on any atom is 0.237 e. The minimum atomic E-state index is -0.421. The highest BCUT2D eigenvalue weighted by Crippen LogP contribution is 1.98. The van der Waals surface area contributed by atoms with Crippen LogP contribution in [0.25, 0.3) is 0 Å². The average Bonchev–Trinajstić information content (AvgIpc) is 2.65. The van der Waals surface area contributed by atoms with E-state index in [0.717, 1.165) is 5.76 Å². The molecule has 0 bridgehead atoms. The fourth-order valence-corrected chi connectivity index (χ4v) is 0.904. The van der Waals surface area contributed by atoms with E-state index in [1.165, 1.54) is 0 Å². The quantitative estimate of drug-likeness (QED) is 0.717. The Hall–Kier alpha value is -1.29. The Morgan fingerprint density at radius 1 is 1.77 bits per heavy atom. The van der Waals surface area contributed by atoms with Crippen molar-refractivity contribution < 1.29 is 9.21 Å². The molecule has 4 heteroatoms. The molecule has 1 unspecified atom stereocenters. The summed E-state index contributed by atoms with van der Waals surface area (Å²) in [6, 6.07) is 3.16. The summed E-state index contributed by atoms with van der Waals surface area (Å²) in [5.74, 6) is 0.593. The van der Waals surface area contributed by atoms with Gasteiger partial charge < -0.3 is 15.5 Å². The van der Waals surface area contributed by atoms with Gasteiger partial charge in [-0.25, -0.2) is 0 Å². The van der Waals surface area contributed by atoms with E-state index >= 15 is 0 Å². The Morgan fingerprint density at radius 3 is 3.08 bits per heavy atom. The molecule has 1 aromatic heterocycles. The van der Waals surface area contributed by atoms with Crippen LogP contribution in [-0.4, -0.2) is 11.9 Å². The third-order valence-corrected chi connectivity index (χ3v) is 1.79. The monoisotopic (exact) mass is 182 g/mol. The van der Waals surface area contributed by atoms with Crippen LogP contribution in [0.15, 0.2) is 22.8 Å². The van der Waals surface area contributed by atoms with E-state index < -0.39 is 6.04 Å². The van der Waals surface area contributed by atoms with Gasteiger partial charge in [0.25, 0.3) is 0 Å². The van der Waals surface area contributed by atoms with Gasteiger partial charge in [0.05, 0.1) is 18.8 Å². The van der Waals surface area contributed by atoms with Gasteiger partial charge in [-0.15, -0.1) is 0 Å². The van der Waals surface area contributed by atoms with E-state index in [1.54, 1.807) is 18.4 Å². The van der Waals surface area contributed by atoms with Gasteiger partial charge in [0.15, 0.2) is 0 Å². The summed E-state index contributed by atoms with van der Waals surface area (Å²) in [5, 5.41) is 2.68. The van der Waals surface area contributed by atoms with E-state index in [1.807, 2.05) is 6.92 Å². The van der Waals surface area contributed by atoms with E-state index in [-0.39, 0.29) is 5.91 Å². The van der Waals surface area contributed by atoms with Crippen LogP contribution < -0.4 is 11.1 Å². The van der Waals surface area contributed by atoms with Crippen LogP contribution in [-0.2, 0) is 11.3 Å². The van der Waals surface area contributed by atoms with Crippen molar-refractivity contribution in [2.45, 2.75) is 25.9 Å². The van der Waals surface area contributed by atoms with Crippen molar-refractivity contribution in [3.63, 3.8) is 0 Å². The molecule has 1 amide bonds. The van der Waals surface area contributed by atoms with Gasteiger partial charge in [0.2, 0.25) is 5.91 Å². The van der Waals surface area contributed by atoms with Gasteiger partial charge >= 0.3 is 0 Å². The van der Waals surface area contributed by atoms with Gasteiger partial charge in [0.1, 0.15) is 5.76 Å². The first kappa shape index (κ1) is 9.80. The maximum atomic E-state index is 11.2. The van der Waals surface area contributed by atoms with E-state index in [4.69, 9.17) is 10.2 Å². The molecule has 1 heterocycles. The van der Waals surface area contributed by atoms with Crippen LogP contribution in [0.4, 0.5) is 0 Å². The first-order chi connectivity index (χ1) is 6.24. The predicted octanol–water partition coefficient (Wildman–Crippen LogP) is 0.633. The fourth-order valence-electron chi connectivity index (χ4n) is 0.904. The summed E-state index contributed by atoms with van der Waals surface area (Å²) >= 11 is 0. The zero-order valence-corrected chi connectivity index (χ0v) is 7.62. The molecule has 0 aliphatic rings. The van der Waals surface area contributed by atoms with Crippen LogP contribution >= 0.6 is 0 Å². The topological polar surface area (TPSA) is 68.3 Å². The fraction of sp³-hybridized carbons (Fsp3) is 0.444. The molecule has 72 valence electrons. The smallest absolute Gasteiger partial charge is 0.237 e. The standard InChI is InChI=1S/C9H14N2O2/c1-2-8(10)9(12)11-6-7-4-3-5-13-7/h3-5,8H,2,6,10H2,1H3,(H,11,12). The molecule has 1 atom stereocenters. The molecule has 0 fully saturated rings. The van der Waals surface area contributed by atoms with Crippen LogP contribution in [0.2, 0.25) is 0 Å². The van der Waals surface area contributed by atoms with Gasteiger partial charge in [-0.2, -0.15) is 0 Å². The van der Waals surface area contributed by atoms with Crippen molar-refractivity contribution >= 4 is 5.91 Å². The highest BCUT2D eigenvalue weighted by atomic mass is 16.3. The zero-order chi connectivity index (χ0) is 9.68. The second-order valence-corrected chi connectivity index (χ2v) is 2.81. The number of carbonyl (C=O) groups excluding carboxylic acids is 1. The number of hydrogen-bond acceptors (Lipinski definition) is 3. The van der Waals surface area contributed by atoms with Crippen molar-refractivity contribution in [3.8, 4) is 0 Å². The largest absolute Gasteiger partial charge is 0.467 e. The number of carbonyl (C=O) groups is 1. The maximum absolute atomic E-state index is 11.2. The molecule has 0 radical (unpaired) electrons. The summed E-state index contributed by atoms with van der Waals surface area (Å²) in [5.41, 5.74) is 5.51. The molecule has 13 heavy (non-hydrogen) atoms. The molecule has 1 aromatic rings. The third kappa shape index (κ3) is 2.91. The van der Waals surface area contributed by atoms with Crippen molar-refractivity contribution in [3.05, 3.63) is 24.2 Å². The van der Waals surface area contributed by atoms with Gasteiger partial charge in [-0.3, -0.25) is 4.79 Å². The lowest BCUT2D eigenvalue weighted by atomic mass is 10.2. The lowest BCUT2D eigenvalue weighted by Gasteiger charge is -2.08. The number of nitrogens with one attached hydrogen (secondary N) is 1. The molecule has 0 saturated heterocycles. The van der Waals surface area contributed by atoms with Gasteiger partial charge in [-0.05, 0) is 18.6 Å². The molecule has 0 saturated carbocycles. The molecule has 0 aliphatic heterocycles. The highest BCUT2D eigenvalue weighted by molar-refractivity contribution is 5.81. The molecular formula is C9H14N2O2. The summed E-state index contributed by atoms with van der Waals surface area (Å²) in [7, 11) is 0. The zero-order valence-electron chi connectivity index (χ0n) is 7.62. The van der Waals surface area contributed by atoms with E-state index in [9.17, 15) is 4.79 Å². The Balaban J connectivity index is 2.31. The summed E-state index contributed by atoms with van der Waals surface area (Å²) in [6.07, 6.45) is 2.21. The first-order valence-corrected chi connectivity index (χ1v) is 4.29. The predicted molar refractivity (Wildman–Crippen MR) is 48.8 cm³/mol. The van der Waals surface area contributed by atoms with Crippen LogP contribution in [0.1, 0.15) is 19.1 Å². The van der Waals surface area contributed by atoms with Crippen molar-refractivity contribution in [1.29, 1.82) is 0 Å². The first-order valence-electron chi connectivity index (χ1n) is 4.29. The normalized spacial score (nSPS) is 12.5. The molecule has 0 aromatic carbocycles. The number of furan rings is 1. The number of hydrogen-bond donors (Lipinski definition) is 2. The third-order valence-electron chi connectivity index (χ3n) is 1.79. The number of rotatable bonds is 4. The molecule has 1 rings (SSSR count). The molecule has 0 spiro atoms. The van der Waals surface area contributed by atoms with Gasteiger partial charge in [-0.1, -0.05) is 6.92 Å². The van der Waals surface area contributed by atoms with E-state index in [0.29, 0.717) is 13.0 Å². The van der Waals surface area contributed by atoms with Crippen molar-refractivity contribution in [1.82, 2.24) is 5.32 Å². The lowest BCUT2D eigenvalue weighted by molar-refractivity contribution is -0.122. The Labute approximate surface area is 77.1 Å².